The number of aliphatic imine (C=N–C) groups is 1. The van der Waals surface area contributed by atoms with Crippen LogP contribution in [0, 0.1) is 0 Å². The van der Waals surface area contributed by atoms with Crippen molar-refractivity contribution in [2.75, 3.05) is 26.2 Å². The van der Waals surface area contributed by atoms with Gasteiger partial charge < -0.3 is 15.4 Å². The van der Waals surface area contributed by atoms with Crippen molar-refractivity contribution in [1.82, 2.24) is 4.90 Å². The molecule has 2 fully saturated rings. The summed E-state index contributed by atoms with van der Waals surface area (Å²) in [6.07, 6.45) is 3.09. The summed E-state index contributed by atoms with van der Waals surface area (Å²) in [6.45, 7) is 4.75. The Balaban J connectivity index is 1.76. The van der Waals surface area contributed by atoms with Crippen molar-refractivity contribution in [3.8, 4) is 0 Å². The minimum atomic E-state index is -0.956. The zero-order chi connectivity index (χ0) is 12.3. The third kappa shape index (κ3) is 3.31. The number of hydrogen-bond acceptors (Lipinski definition) is 2. The second-order valence-corrected chi connectivity index (χ2v) is 5.12. The summed E-state index contributed by atoms with van der Waals surface area (Å²) >= 11 is 0. The van der Waals surface area contributed by atoms with Crippen molar-refractivity contribution in [2.45, 2.75) is 44.4 Å². The molecule has 1 aliphatic carbocycles. The molecule has 5 heteroatoms. The number of halogens is 1. The van der Waals surface area contributed by atoms with Gasteiger partial charge in [-0.1, -0.05) is 0 Å². The second-order valence-electron chi connectivity index (χ2n) is 5.12. The highest BCUT2D eigenvalue weighted by Gasteiger charge is 2.36. The van der Waals surface area contributed by atoms with E-state index in [0.29, 0.717) is 38.4 Å². The maximum Gasteiger partial charge on any atom is 0.191 e. The maximum absolute atomic E-state index is 13.7. The Morgan fingerprint density at radius 2 is 2.35 bits per heavy atom. The SMILES string of the molecule is CC1CN(C(N)=NCCC2(F)CCC2)CCO1. The molecule has 1 saturated carbocycles. The maximum atomic E-state index is 13.7. The molecule has 2 rings (SSSR count). The van der Waals surface area contributed by atoms with Gasteiger partial charge in [-0.05, 0) is 26.2 Å². The van der Waals surface area contributed by atoms with Crippen LogP contribution in [0.5, 0.6) is 0 Å². The first-order valence-corrected chi connectivity index (χ1v) is 6.44. The molecule has 1 unspecified atom stereocenters. The van der Waals surface area contributed by atoms with Gasteiger partial charge in [-0.3, -0.25) is 4.99 Å². The van der Waals surface area contributed by atoms with Gasteiger partial charge in [0.15, 0.2) is 5.96 Å². The topological polar surface area (TPSA) is 50.8 Å². The van der Waals surface area contributed by atoms with Crippen molar-refractivity contribution in [1.29, 1.82) is 0 Å². The van der Waals surface area contributed by atoms with Crippen LogP contribution in [0.2, 0.25) is 0 Å². The van der Waals surface area contributed by atoms with E-state index in [4.69, 9.17) is 10.5 Å². The summed E-state index contributed by atoms with van der Waals surface area (Å²) in [6, 6.07) is 0. The molecule has 1 heterocycles. The van der Waals surface area contributed by atoms with Crippen molar-refractivity contribution in [3.63, 3.8) is 0 Å². The van der Waals surface area contributed by atoms with E-state index >= 15 is 0 Å². The summed E-state index contributed by atoms with van der Waals surface area (Å²) in [5, 5.41) is 0. The molecule has 98 valence electrons. The Hall–Kier alpha value is -0.840. The van der Waals surface area contributed by atoms with Crippen LogP contribution >= 0.6 is 0 Å². The zero-order valence-corrected chi connectivity index (χ0v) is 10.5. The molecule has 0 amide bonds. The highest BCUT2D eigenvalue weighted by Crippen LogP contribution is 2.38. The number of nitrogens with zero attached hydrogens (tertiary/aromatic N) is 2. The average molecular weight is 243 g/mol. The van der Waals surface area contributed by atoms with Gasteiger partial charge >= 0.3 is 0 Å². The largest absolute Gasteiger partial charge is 0.375 e. The van der Waals surface area contributed by atoms with Gasteiger partial charge in [0.2, 0.25) is 0 Å². The van der Waals surface area contributed by atoms with Crippen LogP contribution < -0.4 is 5.73 Å². The van der Waals surface area contributed by atoms with Crippen LogP contribution in [0.4, 0.5) is 4.39 Å². The summed E-state index contributed by atoms with van der Waals surface area (Å²) < 4.78 is 19.1. The van der Waals surface area contributed by atoms with E-state index in [-0.39, 0.29) is 6.10 Å². The number of ether oxygens (including phenoxy) is 1. The Bertz CT molecular complexity index is 291. The number of hydrogen-bond donors (Lipinski definition) is 1. The van der Waals surface area contributed by atoms with Gasteiger partial charge in [-0.15, -0.1) is 0 Å². The molecule has 1 atom stereocenters. The summed E-state index contributed by atoms with van der Waals surface area (Å²) in [5.74, 6) is 0.531. The van der Waals surface area contributed by atoms with E-state index in [1.165, 1.54) is 0 Å². The zero-order valence-electron chi connectivity index (χ0n) is 10.5. The Kier molecular flexibility index (Phi) is 3.86. The van der Waals surface area contributed by atoms with Crippen molar-refractivity contribution < 1.29 is 9.13 Å². The molecule has 0 radical (unpaired) electrons. The van der Waals surface area contributed by atoms with Crippen LogP contribution in [0.25, 0.3) is 0 Å². The molecule has 0 spiro atoms. The van der Waals surface area contributed by atoms with Crippen molar-refractivity contribution in [2.24, 2.45) is 10.7 Å². The molecule has 2 N–H and O–H groups in total. The lowest BCUT2D eigenvalue weighted by Gasteiger charge is -2.34. The highest BCUT2D eigenvalue weighted by atomic mass is 19.1. The average Bonchev–Trinajstić information content (AvgIpc) is 2.26. The fraction of sp³-hybridized carbons (Fsp3) is 0.917. The molecular formula is C12H22FN3O. The van der Waals surface area contributed by atoms with Gasteiger partial charge in [0.1, 0.15) is 5.67 Å². The second kappa shape index (κ2) is 5.21. The number of nitrogens with two attached hydrogens (primary N) is 1. The summed E-state index contributed by atoms with van der Waals surface area (Å²) in [7, 11) is 0. The van der Waals surface area contributed by atoms with E-state index in [1.54, 1.807) is 0 Å². The first-order chi connectivity index (χ1) is 8.09. The van der Waals surface area contributed by atoms with Gasteiger partial charge in [-0.25, -0.2) is 4.39 Å². The first-order valence-electron chi connectivity index (χ1n) is 6.44. The molecule has 4 nitrogen and oxygen atoms in total. The lowest BCUT2D eigenvalue weighted by atomic mass is 9.80. The minimum Gasteiger partial charge on any atom is -0.375 e. The van der Waals surface area contributed by atoms with E-state index in [9.17, 15) is 4.39 Å². The lowest BCUT2D eigenvalue weighted by Crippen LogP contribution is -2.48. The molecular weight excluding hydrogens is 221 g/mol. The molecule has 0 bridgehead atoms. The van der Waals surface area contributed by atoms with E-state index in [0.717, 1.165) is 19.5 Å². The predicted molar refractivity (Wildman–Crippen MR) is 65.8 cm³/mol. The quantitative estimate of drug-likeness (QED) is 0.600. The Labute approximate surface area is 102 Å². The van der Waals surface area contributed by atoms with E-state index in [2.05, 4.69) is 4.99 Å². The van der Waals surface area contributed by atoms with Crippen molar-refractivity contribution >= 4 is 5.96 Å². The Morgan fingerprint density at radius 3 is 2.94 bits per heavy atom. The number of morpholine rings is 1. The molecule has 1 aliphatic heterocycles. The molecule has 17 heavy (non-hydrogen) atoms. The lowest BCUT2D eigenvalue weighted by molar-refractivity contribution is 0.00518. The van der Waals surface area contributed by atoms with Crippen molar-refractivity contribution in [3.05, 3.63) is 0 Å². The standard InChI is InChI=1S/C12H22FN3O/c1-10-9-16(7-8-17-10)11(14)15-6-5-12(13)3-2-4-12/h10H,2-9H2,1H3,(H2,14,15). The summed E-state index contributed by atoms with van der Waals surface area (Å²) in [5.41, 5.74) is 4.94. The predicted octanol–water partition coefficient (Wildman–Crippen LogP) is 1.30. The van der Waals surface area contributed by atoms with Crippen LogP contribution in [0.1, 0.15) is 32.6 Å². The fourth-order valence-corrected chi connectivity index (χ4v) is 2.31. The van der Waals surface area contributed by atoms with Gasteiger partial charge in [-0.2, -0.15) is 0 Å². The summed E-state index contributed by atoms with van der Waals surface area (Å²) in [4.78, 5) is 6.29. The molecule has 0 aromatic carbocycles. The van der Waals surface area contributed by atoms with Crippen LogP contribution in [0.15, 0.2) is 4.99 Å². The number of guanidine groups is 1. The van der Waals surface area contributed by atoms with Crippen LogP contribution in [-0.2, 0) is 4.74 Å². The van der Waals surface area contributed by atoms with Gasteiger partial charge in [0, 0.05) is 26.1 Å². The van der Waals surface area contributed by atoms with Gasteiger partial charge in [0.05, 0.1) is 12.7 Å². The highest BCUT2D eigenvalue weighted by molar-refractivity contribution is 5.78. The first kappa shape index (κ1) is 12.6. The van der Waals surface area contributed by atoms with Crippen LogP contribution in [-0.4, -0.2) is 48.9 Å². The molecule has 1 saturated heterocycles. The molecule has 2 aliphatic rings. The molecule has 0 aromatic heterocycles. The number of alkyl halides is 1. The molecule has 0 aromatic rings. The van der Waals surface area contributed by atoms with Gasteiger partial charge in [0.25, 0.3) is 0 Å². The van der Waals surface area contributed by atoms with E-state index in [1.807, 2.05) is 11.8 Å². The third-order valence-corrected chi connectivity index (χ3v) is 3.65. The van der Waals surface area contributed by atoms with E-state index < -0.39 is 5.67 Å². The normalized spacial score (nSPS) is 28.9. The fourth-order valence-electron chi connectivity index (χ4n) is 2.31. The Morgan fingerprint density at radius 1 is 1.59 bits per heavy atom. The van der Waals surface area contributed by atoms with Crippen LogP contribution in [0.3, 0.4) is 0 Å². The number of rotatable bonds is 3. The minimum absolute atomic E-state index is 0.191. The smallest absolute Gasteiger partial charge is 0.191 e. The third-order valence-electron chi connectivity index (χ3n) is 3.65. The monoisotopic (exact) mass is 243 g/mol.